The second-order valence-electron chi connectivity index (χ2n) is 16.1. The zero-order chi connectivity index (χ0) is 38.2. The molecular weight excluding hydrogens is 647 g/mol. The predicted molar refractivity (Wildman–Crippen MR) is 223 cm³/mol. The van der Waals surface area contributed by atoms with E-state index in [2.05, 4.69) is 32.6 Å². The van der Waals surface area contributed by atoms with Crippen molar-refractivity contribution >= 4 is 11.9 Å². The lowest BCUT2D eigenvalue weighted by atomic mass is 9.95. The quantitative estimate of drug-likeness (QED) is 0.0496. The van der Waals surface area contributed by atoms with E-state index in [0.717, 1.165) is 58.2 Å². The Hall–Kier alpha value is -1.14. The van der Waals surface area contributed by atoms with Gasteiger partial charge in [-0.15, -0.1) is 0 Å². The monoisotopic (exact) mass is 738 g/mol. The van der Waals surface area contributed by atoms with Crippen molar-refractivity contribution in [1.29, 1.82) is 0 Å². The summed E-state index contributed by atoms with van der Waals surface area (Å²) in [6.07, 6.45) is 37.0. The van der Waals surface area contributed by atoms with Gasteiger partial charge in [0, 0.05) is 19.4 Å². The minimum Gasteiger partial charge on any atom is -0.465 e. The first kappa shape index (κ1) is 50.9. The smallest absolute Gasteiger partial charge is 0.305 e. The van der Waals surface area contributed by atoms with Crippen LogP contribution in [0.5, 0.6) is 0 Å². The van der Waals surface area contributed by atoms with E-state index in [1.165, 1.54) is 154 Å². The van der Waals surface area contributed by atoms with Gasteiger partial charge in [-0.2, -0.15) is 0 Å². The van der Waals surface area contributed by atoms with Gasteiger partial charge in [0.25, 0.3) is 0 Å². The number of unbranched alkanes of at least 4 members (excludes halogenated alkanes) is 19. The molecule has 0 aromatic rings. The van der Waals surface area contributed by atoms with E-state index < -0.39 is 0 Å². The first-order valence-electron chi connectivity index (χ1n) is 23.1. The maximum atomic E-state index is 12.7. The lowest BCUT2D eigenvalue weighted by Crippen LogP contribution is -2.28. The van der Waals surface area contributed by atoms with Crippen molar-refractivity contribution < 1.29 is 24.2 Å². The van der Waals surface area contributed by atoms with E-state index in [9.17, 15) is 14.7 Å². The third kappa shape index (κ3) is 35.9. The topological polar surface area (TPSA) is 76.1 Å². The van der Waals surface area contributed by atoms with Gasteiger partial charge in [0.1, 0.15) is 0 Å². The van der Waals surface area contributed by atoms with Crippen LogP contribution in [0.4, 0.5) is 0 Å². The van der Waals surface area contributed by atoms with Crippen LogP contribution >= 0.6 is 0 Å². The molecule has 0 aliphatic carbocycles. The average Bonchev–Trinajstić information content (AvgIpc) is 3.15. The molecule has 0 rings (SSSR count). The van der Waals surface area contributed by atoms with E-state index in [-0.39, 0.29) is 18.5 Å². The van der Waals surface area contributed by atoms with Crippen LogP contribution in [0.3, 0.4) is 0 Å². The molecule has 6 heteroatoms. The van der Waals surface area contributed by atoms with Crippen LogP contribution in [0.1, 0.15) is 233 Å². The summed E-state index contributed by atoms with van der Waals surface area (Å²) in [6.45, 7) is 13.3. The molecule has 0 amide bonds. The second kappa shape index (κ2) is 41.0. The molecule has 310 valence electrons. The average molecular weight is 738 g/mol. The van der Waals surface area contributed by atoms with Gasteiger partial charge in [0.05, 0.1) is 13.2 Å². The summed E-state index contributed by atoms with van der Waals surface area (Å²) in [5.74, 6) is 0.936. The van der Waals surface area contributed by atoms with Gasteiger partial charge in [-0.05, 0) is 95.7 Å². The number of carbonyl (C=O) groups is 2. The van der Waals surface area contributed by atoms with Crippen LogP contribution in [-0.2, 0) is 19.1 Å². The van der Waals surface area contributed by atoms with Gasteiger partial charge < -0.3 is 19.5 Å². The van der Waals surface area contributed by atoms with Gasteiger partial charge >= 0.3 is 11.9 Å². The molecule has 0 aliphatic heterocycles. The summed E-state index contributed by atoms with van der Waals surface area (Å²) in [5.41, 5.74) is 0. The second-order valence-corrected chi connectivity index (χ2v) is 16.1. The highest BCUT2D eigenvalue weighted by atomic mass is 16.5. The normalized spacial score (nSPS) is 12.7. The Morgan fingerprint density at radius 2 is 0.731 bits per heavy atom. The third-order valence-corrected chi connectivity index (χ3v) is 10.9. The zero-order valence-electron chi connectivity index (χ0n) is 35.6. The van der Waals surface area contributed by atoms with Crippen molar-refractivity contribution in [2.24, 2.45) is 11.8 Å². The number of nitrogens with zero attached hydrogens (tertiary/aromatic N) is 1. The fraction of sp³-hybridized carbons (Fsp3) is 0.957. The molecule has 1 N–H and O–H groups in total. The van der Waals surface area contributed by atoms with Gasteiger partial charge in [-0.25, -0.2) is 0 Å². The van der Waals surface area contributed by atoms with E-state index in [1.807, 2.05) is 0 Å². The molecule has 0 spiro atoms. The first-order chi connectivity index (χ1) is 25.5. The molecule has 0 saturated heterocycles. The lowest BCUT2D eigenvalue weighted by Gasteiger charge is -2.22. The number of aliphatic hydroxyl groups is 1. The van der Waals surface area contributed by atoms with E-state index >= 15 is 0 Å². The van der Waals surface area contributed by atoms with Crippen LogP contribution in [0.15, 0.2) is 0 Å². The van der Waals surface area contributed by atoms with E-state index in [0.29, 0.717) is 37.9 Å². The summed E-state index contributed by atoms with van der Waals surface area (Å²) in [6, 6.07) is 0. The van der Waals surface area contributed by atoms with Crippen molar-refractivity contribution in [1.82, 2.24) is 4.90 Å². The van der Waals surface area contributed by atoms with Crippen molar-refractivity contribution in [2.45, 2.75) is 233 Å². The Balaban J connectivity index is 4.49. The molecule has 2 atom stereocenters. The maximum absolute atomic E-state index is 12.7. The maximum Gasteiger partial charge on any atom is 0.305 e. The Morgan fingerprint density at radius 1 is 0.423 bits per heavy atom. The summed E-state index contributed by atoms with van der Waals surface area (Å²) in [5, 5.41) is 9.31. The first-order valence-corrected chi connectivity index (χ1v) is 23.1. The highest BCUT2D eigenvalue weighted by molar-refractivity contribution is 5.69. The summed E-state index contributed by atoms with van der Waals surface area (Å²) in [7, 11) is 0. The molecule has 0 aromatic heterocycles. The Labute approximate surface area is 324 Å². The number of rotatable bonds is 42. The van der Waals surface area contributed by atoms with Crippen molar-refractivity contribution in [3.63, 3.8) is 0 Å². The standard InChI is InChI=1S/C46H91NO5/c1-5-9-13-17-19-23-33-43(31-21-15-11-7-3)41-51-45(49)35-25-27-37-47(39-29-30-40-48)38-28-26-36-46(50)52-42-44(32-22-16-12-8-4)34-24-20-18-14-10-6-2/h43-44,48H,5-42H2,1-4H3/t43-,44?/m1/s1. The molecule has 0 aliphatic rings. The SMILES string of the molecule is CCCCCCCCC(CCCCCC)COC(=O)CCCCN(CCCCO)CCCCC(=O)OC[C@H](CCCCCC)CCCCCCCC. The van der Waals surface area contributed by atoms with Crippen molar-refractivity contribution in [3.05, 3.63) is 0 Å². The molecule has 0 aromatic carbocycles. The predicted octanol–water partition coefficient (Wildman–Crippen LogP) is 13.2. The number of hydrogen-bond acceptors (Lipinski definition) is 6. The Kier molecular flexibility index (Phi) is 40.1. The van der Waals surface area contributed by atoms with Crippen LogP contribution in [-0.4, -0.2) is 61.4 Å². The lowest BCUT2D eigenvalue weighted by molar-refractivity contribution is -0.146. The molecule has 0 fully saturated rings. The number of ether oxygens (including phenoxy) is 2. The highest BCUT2D eigenvalue weighted by Gasteiger charge is 2.15. The largest absolute Gasteiger partial charge is 0.465 e. The van der Waals surface area contributed by atoms with Gasteiger partial charge in [0.2, 0.25) is 0 Å². The summed E-state index contributed by atoms with van der Waals surface area (Å²) >= 11 is 0. The molecule has 0 bridgehead atoms. The van der Waals surface area contributed by atoms with Crippen LogP contribution in [0.25, 0.3) is 0 Å². The minimum atomic E-state index is -0.0398. The van der Waals surface area contributed by atoms with E-state index in [4.69, 9.17) is 9.47 Å². The van der Waals surface area contributed by atoms with E-state index in [1.54, 1.807) is 0 Å². The van der Waals surface area contributed by atoms with Crippen molar-refractivity contribution in [3.8, 4) is 0 Å². The fourth-order valence-electron chi connectivity index (χ4n) is 7.33. The van der Waals surface area contributed by atoms with Crippen molar-refractivity contribution in [2.75, 3.05) is 39.5 Å². The van der Waals surface area contributed by atoms with Gasteiger partial charge in [-0.3, -0.25) is 9.59 Å². The van der Waals surface area contributed by atoms with Crippen LogP contribution in [0.2, 0.25) is 0 Å². The number of hydrogen-bond donors (Lipinski definition) is 1. The molecule has 1 unspecified atom stereocenters. The number of carbonyl (C=O) groups excluding carboxylic acids is 2. The fourth-order valence-corrected chi connectivity index (χ4v) is 7.33. The molecule has 0 heterocycles. The number of aliphatic hydroxyl groups excluding tert-OH is 1. The van der Waals surface area contributed by atoms with Gasteiger partial charge in [0.15, 0.2) is 0 Å². The minimum absolute atomic E-state index is 0.0398. The Morgan fingerprint density at radius 3 is 1.08 bits per heavy atom. The molecule has 0 saturated carbocycles. The van der Waals surface area contributed by atoms with Gasteiger partial charge in [-0.1, -0.05) is 156 Å². The summed E-state index contributed by atoms with van der Waals surface area (Å²) < 4.78 is 11.6. The number of esters is 2. The van der Waals surface area contributed by atoms with Crippen LogP contribution in [0, 0.1) is 11.8 Å². The zero-order valence-corrected chi connectivity index (χ0v) is 35.6. The van der Waals surface area contributed by atoms with Crippen LogP contribution < -0.4 is 0 Å². The highest BCUT2D eigenvalue weighted by Crippen LogP contribution is 2.21. The summed E-state index contributed by atoms with van der Waals surface area (Å²) in [4.78, 5) is 27.8. The molecule has 0 radical (unpaired) electrons. The molecular formula is C46H91NO5. The molecule has 52 heavy (non-hydrogen) atoms. The Bertz CT molecular complexity index is 690. The third-order valence-electron chi connectivity index (χ3n) is 10.9. The molecule has 6 nitrogen and oxygen atoms in total.